The standard InChI is InChI=1S/C12H19FN2O3S/c1-9(2)15(6-7-18-3)19(16,17)12-5-4-10(13)8-11(12)14/h4-5,8-9H,6-7,14H2,1-3H3. The normalized spacial score (nSPS) is 12.3. The van der Waals surface area contributed by atoms with E-state index in [-0.39, 0.29) is 29.8 Å². The Bertz CT molecular complexity index is 532. The summed E-state index contributed by atoms with van der Waals surface area (Å²) in [5, 5.41) is 0. The first-order valence-corrected chi connectivity index (χ1v) is 7.30. The van der Waals surface area contributed by atoms with Gasteiger partial charge in [0.2, 0.25) is 10.0 Å². The molecule has 5 nitrogen and oxygen atoms in total. The molecule has 1 aromatic carbocycles. The number of rotatable bonds is 6. The molecule has 0 aliphatic carbocycles. The van der Waals surface area contributed by atoms with Crippen molar-refractivity contribution < 1.29 is 17.5 Å². The van der Waals surface area contributed by atoms with E-state index >= 15 is 0 Å². The van der Waals surface area contributed by atoms with Gasteiger partial charge in [0, 0.05) is 19.7 Å². The van der Waals surface area contributed by atoms with Crippen molar-refractivity contribution in [1.29, 1.82) is 0 Å². The SMILES string of the molecule is COCCN(C(C)C)S(=O)(=O)c1ccc(F)cc1N. The Morgan fingerprint density at radius 3 is 2.53 bits per heavy atom. The van der Waals surface area contributed by atoms with Crippen molar-refractivity contribution in [3.8, 4) is 0 Å². The van der Waals surface area contributed by atoms with Crippen LogP contribution in [0.3, 0.4) is 0 Å². The van der Waals surface area contributed by atoms with E-state index in [9.17, 15) is 12.8 Å². The van der Waals surface area contributed by atoms with Gasteiger partial charge in [0.05, 0.1) is 12.3 Å². The zero-order valence-electron chi connectivity index (χ0n) is 11.3. The van der Waals surface area contributed by atoms with Crippen molar-refractivity contribution >= 4 is 15.7 Å². The van der Waals surface area contributed by atoms with Crippen molar-refractivity contribution in [2.24, 2.45) is 0 Å². The number of hydrogen-bond acceptors (Lipinski definition) is 4. The van der Waals surface area contributed by atoms with Crippen LogP contribution in [0.5, 0.6) is 0 Å². The molecule has 7 heteroatoms. The lowest BCUT2D eigenvalue weighted by molar-refractivity contribution is 0.171. The first-order valence-electron chi connectivity index (χ1n) is 5.86. The molecule has 0 bridgehead atoms. The molecule has 1 rings (SSSR count). The average molecular weight is 290 g/mol. The molecule has 1 aromatic rings. The second-order valence-corrected chi connectivity index (χ2v) is 6.24. The third-order valence-corrected chi connectivity index (χ3v) is 4.80. The Morgan fingerprint density at radius 1 is 1.42 bits per heavy atom. The molecule has 0 saturated heterocycles. The van der Waals surface area contributed by atoms with Gasteiger partial charge < -0.3 is 10.5 Å². The van der Waals surface area contributed by atoms with Crippen LogP contribution in [0.1, 0.15) is 13.8 Å². The second-order valence-electron chi connectivity index (χ2n) is 4.38. The fraction of sp³-hybridized carbons (Fsp3) is 0.500. The molecule has 0 radical (unpaired) electrons. The number of ether oxygens (including phenoxy) is 1. The molecule has 0 fully saturated rings. The van der Waals surface area contributed by atoms with E-state index < -0.39 is 15.8 Å². The zero-order chi connectivity index (χ0) is 14.6. The van der Waals surface area contributed by atoms with Crippen LogP contribution in [0.4, 0.5) is 10.1 Å². The molecule has 108 valence electrons. The summed E-state index contributed by atoms with van der Waals surface area (Å²) in [7, 11) is -2.26. The van der Waals surface area contributed by atoms with Gasteiger partial charge in [-0.3, -0.25) is 0 Å². The van der Waals surface area contributed by atoms with Gasteiger partial charge in [-0.1, -0.05) is 0 Å². The Hall–Kier alpha value is -1.18. The first-order chi connectivity index (χ1) is 8.80. The average Bonchev–Trinajstić information content (AvgIpc) is 2.27. The second kappa shape index (κ2) is 6.31. The Balaban J connectivity index is 3.19. The van der Waals surface area contributed by atoms with Crippen molar-refractivity contribution in [2.45, 2.75) is 24.8 Å². The smallest absolute Gasteiger partial charge is 0.245 e. The minimum atomic E-state index is -3.76. The number of benzene rings is 1. The molecule has 0 spiro atoms. The molecule has 2 N–H and O–H groups in total. The predicted molar refractivity (Wildman–Crippen MR) is 71.7 cm³/mol. The Morgan fingerprint density at radius 2 is 2.05 bits per heavy atom. The molecule has 0 aliphatic heterocycles. The number of hydrogen-bond donors (Lipinski definition) is 1. The summed E-state index contributed by atoms with van der Waals surface area (Å²) in [6, 6.07) is 3.02. The van der Waals surface area contributed by atoms with Crippen LogP contribution in [-0.2, 0) is 14.8 Å². The van der Waals surface area contributed by atoms with E-state index in [0.717, 1.165) is 12.1 Å². The van der Waals surface area contributed by atoms with Crippen LogP contribution in [0.15, 0.2) is 23.1 Å². The topological polar surface area (TPSA) is 72.6 Å². The molecule has 0 aromatic heterocycles. The van der Waals surface area contributed by atoms with Gasteiger partial charge >= 0.3 is 0 Å². The summed E-state index contributed by atoms with van der Waals surface area (Å²) in [5.74, 6) is -0.565. The summed E-state index contributed by atoms with van der Waals surface area (Å²) in [4.78, 5) is -0.0845. The summed E-state index contributed by atoms with van der Waals surface area (Å²) < 4.78 is 44.1. The number of sulfonamides is 1. The van der Waals surface area contributed by atoms with Gasteiger partial charge in [-0.25, -0.2) is 12.8 Å². The van der Waals surface area contributed by atoms with Gasteiger partial charge in [-0.05, 0) is 32.0 Å². The van der Waals surface area contributed by atoms with Crippen LogP contribution in [0.25, 0.3) is 0 Å². The van der Waals surface area contributed by atoms with E-state index in [4.69, 9.17) is 10.5 Å². The van der Waals surface area contributed by atoms with Crippen molar-refractivity contribution in [1.82, 2.24) is 4.31 Å². The lowest BCUT2D eigenvalue weighted by atomic mass is 10.3. The van der Waals surface area contributed by atoms with Gasteiger partial charge in [0.25, 0.3) is 0 Å². The maximum absolute atomic E-state index is 13.0. The van der Waals surface area contributed by atoms with Crippen molar-refractivity contribution in [3.63, 3.8) is 0 Å². The Labute approximate surface area is 113 Å². The lowest BCUT2D eigenvalue weighted by Crippen LogP contribution is -2.39. The first kappa shape index (κ1) is 15.9. The number of methoxy groups -OCH3 is 1. The molecule has 19 heavy (non-hydrogen) atoms. The molecule has 0 atom stereocenters. The highest BCUT2D eigenvalue weighted by atomic mass is 32.2. The van der Waals surface area contributed by atoms with Crippen LogP contribution in [-0.4, -0.2) is 39.0 Å². The van der Waals surface area contributed by atoms with E-state index in [1.54, 1.807) is 13.8 Å². The van der Waals surface area contributed by atoms with Crippen LogP contribution in [0, 0.1) is 5.82 Å². The number of nitrogens with two attached hydrogens (primary N) is 1. The van der Waals surface area contributed by atoms with E-state index in [2.05, 4.69) is 0 Å². The number of nitrogen functional groups attached to an aromatic ring is 1. The molecular formula is C12H19FN2O3S. The van der Waals surface area contributed by atoms with Crippen LogP contribution >= 0.6 is 0 Å². The van der Waals surface area contributed by atoms with Gasteiger partial charge in [0.15, 0.2) is 0 Å². The number of halogens is 1. The Kier molecular flexibility index (Phi) is 5.28. The molecule has 0 saturated carbocycles. The molecule has 0 heterocycles. The van der Waals surface area contributed by atoms with Gasteiger partial charge in [0.1, 0.15) is 10.7 Å². The van der Waals surface area contributed by atoms with Crippen LogP contribution in [0.2, 0.25) is 0 Å². The maximum atomic E-state index is 13.0. The van der Waals surface area contributed by atoms with Crippen molar-refractivity contribution in [3.05, 3.63) is 24.0 Å². The van der Waals surface area contributed by atoms with Crippen molar-refractivity contribution in [2.75, 3.05) is 26.0 Å². The lowest BCUT2D eigenvalue weighted by Gasteiger charge is -2.26. The molecular weight excluding hydrogens is 271 g/mol. The largest absolute Gasteiger partial charge is 0.398 e. The minimum Gasteiger partial charge on any atom is -0.398 e. The highest BCUT2D eigenvalue weighted by Gasteiger charge is 2.28. The van der Waals surface area contributed by atoms with E-state index in [0.29, 0.717) is 0 Å². The third kappa shape index (κ3) is 3.65. The summed E-state index contributed by atoms with van der Waals surface area (Å²) in [5.41, 5.74) is 5.50. The zero-order valence-corrected chi connectivity index (χ0v) is 12.1. The van der Waals surface area contributed by atoms with E-state index in [1.165, 1.54) is 17.5 Å². The van der Waals surface area contributed by atoms with Crippen LogP contribution < -0.4 is 5.73 Å². The highest BCUT2D eigenvalue weighted by Crippen LogP contribution is 2.24. The quantitative estimate of drug-likeness (QED) is 0.805. The fourth-order valence-corrected chi connectivity index (χ4v) is 3.44. The van der Waals surface area contributed by atoms with Gasteiger partial charge in [-0.2, -0.15) is 4.31 Å². The van der Waals surface area contributed by atoms with E-state index in [1.807, 2.05) is 0 Å². The predicted octanol–water partition coefficient (Wildman–Crippen LogP) is 1.45. The van der Waals surface area contributed by atoms with Gasteiger partial charge in [-0.15, -0.1) is 0 Å². The molecule has 0 amide bonds. The fourth-order valence-electron chi connectivity index (χ4n) is 1.72. The number of nitrogens with zero attached hydrogens (tertiary/aromatic N) is 1. The third-order valence-electron chi connectivity index (χ3n) is 2.65. The summed E-state index contributed by atoms with van der Waals surface area (Å²) >= 11 is 0. The summed E-state index contributed by atoms with van der Waals surface area (Å²) in [6.45, 7) is 4.01. The molecule has 0 unspecified atom stereocenters. The molecule has 0 aliphatic rings. The number of anilines is 1. The highest BCUT2D eigenvalue weighted by molar-refractivity contribution is 7.89. The monoisotopic (exact) mass is 290 g/mol. The minimum absolute atomic E-state index is 0.0845. The maximum Gasteiger partial charge on any atom is 0.245 e. The summed E-state index contributed by atoms with van der Waals surface area (Å²) in [6.07, 6.45) is 0.